The Hall–Kier alpha value is -1.71. The largest absolute Gasteiger partial charge is 0.300 e. The Morgan fingerprint density at radius 3 is 3.00 bits per heavy atom. The Balaban J connectivity index is 2.07. The van der Waals surface area contributed by atoms with Crippen LogP contribution in [0.4, 0.5) is 0 Å². The van der Waals surface area contributed by atoms with Gasteiger partial charge in [-0.15, -0.1) is 5.10 Å². The fourth-order valence-electron chi connectivity index (χ4n) is 2.16. The molecule has 1 fully saturated rings. The summed E-state index contributed by atoms with van der Waals surface area (Å²) < 4.78 is 1.89. The molecule has 0 amide bonds. The van der Waals surface area contributed by atoms with Crippen LogP contribution in [0.15, 0.2) is 24.3 Å². The van der Waals surface area contributed by atoms with Crippen LogP contribution in [0.5, 0.6) is 0 Å². The van der Waals surface area contributed by atoms with E-state index in [4.69, 9.17) is 0 Å². The van der Waals surface area contributed by atoms with E-state index in [1.54, 1.807) is 0 Å². The number of carbonyl (C=O) groups excluding carboxylic acids is 1. The third kappa shape index (κ3) is 1.33. The molecule has 15 heavy (non-hydrogen) atoms. The molecule has 2 aromatic rings. The van der Waals surface area contributed by atoms with Gasteiger partial charge in [0.1, 0.15) is 11.3 Å². The molecule has 1 aromatic carbocycles. The van der Waals surface area contributed by atoms with Crippen LogP contribution in [0.25, 0.3) is 11.0 Å². The van der Waals surface area contributed by atoms with Gasteiger partial charge in [0, 0.05) is 12.8 Å². The second-order valence-corrected chi connectivity index (χ2v) is 3.96. The van der Waals surface area contributed by atoms with E-state index >= 15 is 0 Å². The minimum Gasteiger partial charge on any atom is -0.300 e. The van der Waals surface area contributed by atoms with E-state index in [1.165, 1.54) is 0 Å². The van der Waals surface area contributed by atoms with Crippen molar-refractivity contribution < 1.29 is 4.79 Å². The maximum absolute atomic E-state index is 11.2. The van der Waals surface area contributed by atoms with Crippen LogP contribution < -0.4 is 0 Å². The summed E-state index contributed by atoms with van der Waals surface area (Å²) in [5, 5.41) is 8.22. The van der Waals surface area contributed by atoms with Crippen molar-refractivity contribution in [3.8, 4) is 0 Å². The van der Waals surface area contributed by atoms with Crippen LogP contribution >= 0.6 is 0 Å². The van der Waals surface area contributed by atoms with E-state index in [1.807, 2.05) is 28.9 Å². The standard InChI is InChI=1S/C11H11N3O/c15-9-6-5-8(7-9)14-11-4-2-1-3-10(11)12-13-14/h1-4,8H,5-7H2. The van der Waals surface area contributed by atoms with E-state index in [9.17, 15) is 4.79 Å². The molecule has 0 spiro atoms. The van der Waals surface area contributed by atoms with E-state index in [0.29, 0.717) is 18.6 Å². The zero-order valence-corrected chi connectivity index (χ0v) is 8.26. The van der Waals surface area contributed by atoms with Gasteiger partial charge in [0.25, 0.3) is 0 Å². The molecular weight excluding hydrogens is 190 g/mol. The van der Waals surface area contributed by atoms with Gasteiger partial charge >= 0.3 is 0 Å². The van der Waals surface area contributed by atoms with Crippen LogP contribution in [0.2, 0.25) is 0 Å². The average Bonchev–Trinajstić information content (AvgIpc) is 2.83. The number of nitrogens with zero attached hydrogens (tertiary/aromatic N) is 3. The molecule has 76 valence electrons. The number of ketones is 1. The predicted octanol–water partition coefficient (Wildman–Crippen LogP) is 1.73. The topological polar surface area (TPSA) is 47.8 Å². The molecule has 1 atom stereocenters. The van der Waals surface area contributed by atoms with Crippen molar-refractivity contribution in [3.05, 3.63) is 24.3 Å². The van der Waals surface area contributed by atoms with Crippen molar-refractivity contribution >= 4 is 16.8 Å². The number of hydrogen-bond acceptors (Lipinski definition) is 3. The number of carbonyl (C=O) groups is 1. The fourth-order valence-corrected chi connectivity index (χ4v) is 2.16. The lowest BCUT2D eigenvalue weighted by Crippen LogP contribution is -2.07. The van der Waals surface area contributed by atoms with Gasteiger partial charge in [0.15, 0.2) is 0 Å². The lowest BCUT2D eigenvalue weighted by Gasteiger charge is -2.08. The number of para-hydroxylation sites is 1. The van der Waals surface area contributed by atoms with Gasteiger partial charge in [-0.3, -0.25) is 4.79 Å². The average molecular weight is 201 g/mol. The Morgan fingerprint density at radius 1 is 1.33 bits per heavy atom. The summed E-state index contributed by atoms with van der Waals surface area (Å²) in [7, 11) is 0. The van der Waals surface area contributed by atoms with E-state index in [2.05, 4.69) is 10.3 Å². The molecule has 1 heterocycles. The molecule has 1 saturated carbocycles. The van der Waals surface area contributed by atoms with Crippen molar-refractivity contribution in [2.75, 3.05) is 0 Å². The second-order valence-electron chi connectivity index (χ2n) is 3.96. The SMILES string of the molecule is O=C1CCC(n2nnc3ccccc32)C1. The summed E-state index contributed by atoms with van der Waals surface area (Å²) in [6, 6.07) is 8.07. The van der Waals surface area contributed by atoms with Gasteiger partial charge in [-0.05, 0) is 18.6 Å². The van der Waals surface area contributed by atoms with Crippen molar-refractivity contribution in [1.29, 1.82) is 0 Å². The second kappa shape index (κ2) is 3.15. The third-order valence-corrected chi connectivity index (χ3v) is 2.94. The molecule has 1 aliphatic rings. The lowest BCUT2D eigenvalue weighted by molar-refractivity contribution is -0.117. The zero-order valence-electron chi connectivity index (χ0n) is 8.26. The Morgan fingerprint density at radius 2 is 2.20 bits per heavy atom. The smallest absolute Gasteiger partial charge is 0.135 e. The van der Waals surface area contributed by atoms with Gasteiger partial charge in [-0.25, -0.2) is 4.68 Å². The number of aromatic nitrogens is 3. The number of hydrogen-bond donors (Lipinski definition) is 0. The minimum absolute atomic E-state index is 0.213. The summed E-state index contributed by atoms with van der Waals surface area (Å²) in [6.45, 7) is 0. The maximum atomic E-state index is 11.2. The van der Waals surface area contributed by atoms with Gasteiger partial charge in [-0.1, -0.05) is 17.3 Å². The number of rotatable bonds is 1. The normalized spacial score (nSPS) is 21.3. The summed E-state index contributed by atoms with van der Waals surface area (Å²) in [5.74, 6) is 0.333. The van der Waals surface area contributed by atoms with Crippen molar-refractivity contribution in [3.63, 3.8) is 0 Å². The molecule has 4 heteroatoms. The first-order valence-corrected chi connectivity index (χ1v) is 5.16. The molecule has 0 saturated heterocycles. The number of Topliss-reactive ketones (excluding diaryl/α,β-unsaturated/α-hetero) is 1. The van der Waals surface area contributed by atoms with Crippen molar-refractivity contribution in [2.45, 2.75) is 25.3 Å². The van der Waals surface area contributed by atoms with Gasteiger partial charge < -0.3 is 0 Å². The van der Waals surface area contributed by atoms with Crippen LogP contribution in [-0.4, -0.2) is 20.8 Å². The molecule has 0 aliphatic heterocycles. The molecule has 0 radical (unpaired) electrons. The van der Waals surface area contributed by atoms with E-state index in [-0.39, 0.29) is 6.04 Å². The Kier molecular flexibility index (Phi) is 1.80. The first-order chi connectivity index (χ1) is 7.34. The molecule has 3 rings (SSSR count). The van der Waals surface area contributed by atoms with Gasteiger partial charge in [-0.2, -0.15) is 0 Å². The summed E-state index contributed by atoms with van der Waals surface area (Å²) in [4.78, 5) is 11.2. The van der Waals surface area contributed by atoms with Gasteiger partial charge in [0.05, 0.1) is 11.6 Å². The summed E-state index contributed by atoms with van der Waals surface area (Å²) in [5.41, 5.74) is 1.93. The molecule has 1 aliphatic carbocycles. The highest BCUT2D eigenvalue weighted by Crippen LogP contribution is 2.28. The molecule has 0 N–H and O–H groups in total. The van der Waals surface area contributed by atoms with Crippen molar-refractivity contribution in [2.24, 2.45) is 0 Å². The maximum Gasteiger partial charge on any atom is 0.135 e. The quantitative estimate of drug-likeness (QED) is 0.705. The zero-order chi connectivity index (χ0) is 10.3. The Bertz CT molecular complexity index is 517. The molecule has 0 bridgehead atoms. The molecule has 1 unspecified atom stereocenters. The highest BCUT2D eigenvalue weighted by molar-refractivity contribution is 5.81. The van der Waals surface area contributed by atoms with Crippen molar-refractivity contribution in [1.82, 2.24) is 15.0 Å². The lowest BCUT2D eigenvalue weighted by atomic mass is 10.2. The van der Waals surface area contributed by atoms with Crippen LogP contribution in [0.1, 0.15) is 25.3 Å². The van der Waals surface area contributed by atoms with E-state index < -0.39 is 0 Å². The number of benzene rings is 1. The minimum atomic E-state index is 0.213. The highest BCUT2D eigenvalue weighted by Gasteiger charge is 2.25. The first kappa shape index (κ1) is 8.59. The van der Waals surface area contributed by atoms with Crippen LogP contribution in [-0.2, 0) is 4.79 Å². The molecule has 4 nitrogen and oxygen atoms in total. The highest BCUT2D eigenvalue weighted by atomic mass is 16.1. The van der Waals surface area contributed by atoms with Crippen LogP contribution in [0.3, 0.4) is 0 Å². The number of fused-ring (bicyclic) bond motifs is 1. The summed E-state index contributed by atoms with van der Waals surface area (Å²) >= 11 is 0. The molecular formula is C11H11N3O. The fraction of sp³-hybridized carbons (Fsp3) is 0.364. The van der Waals surface area contributed by atoms with Crippen LogP contribution in [0, 0.1) is 0 Å². The first-order valence-electron chi connectivity index (χ1n) is 5.16. The Labute approximate surface area is 86.9 Å². The van der Waals surface area contributed by atoms with E-state index in [0.717, 1.165) is 17.5 Å². The molecule has 1 aromatic heterocycles. The summed E-state index contributed by atoms with van der Waals surface area (Å²) in [6.07, 6.45) is 2.18. The third-order valence-electron chi connectivity index (χ3n) is 2.94. The predicted molar refractivity (Wildman–Crippen MR) is 55.4 cm³/mol. The monoisotopic (exact) mass is 201 g/mol. The van der Waals surface area contributed by atoms with Gasteiger partial charge in [0.2, 0.25) is 0 Å².